The zero-order valence-corrected chi connectivity index (χ0v) is 18.4. The molecule has 8 heteroatoms. The highest BCUT2D eigenvalue weighted by atomic mass is 16.1. The Balaban J connectivity index is 1.48. The molecule has 2 aromatic carbocycles. The Morgan fingerprint density at radius 3 is 2.58 bits per heavy atom. The fourth-order valence-electron chi connectivity index (χ4n) is 3.70. The molecule has 0 aliphatic heterocycles. The highest BCUT2D eigenvalue weighted by Gasteiger charge is 2.12. The van der Waals surface area contributed by atoms with Crippen LogP contribution in [0, 0.1) is 0 Å². The number of benzene rings is 2. The molecule has 0 atom stereocenters. The number of hydrogen-bond donors (Lipinski definition) is 1. The van der Waals surface area contributed by atoms with Gasteiger partial charge in [-0.2, -0.15) is 0 Å². The van der Waals surface area contributed by atoms with Crippen LogP contribution in [-0.4, -0.2) is 62.6 Å². The van der Waals surface area contributed by atoms with Crippen molar-refractivity contribution in [1.29, 1.82) is 0 Å². The summed E-state index contributed by atoms with van der Waals surface area (Å²) in [7, 11) is 3.96. The Hall–Kier alpha value is -4.17. The Kier molecular flexibility index (Phi) is 5.50. The summed E-state index contributed by atoms with van der Waals surface area (Å²) in [4.78, 5) is 23.3. The van der Waals surface area contributed by atoms with E-state index in [9.17, 15) is 4.79 Å². The zero-order chi connectivity index (χ0) is 22.8. The summed E-state index contributed by atoms with van der Waals surface area (Å²) < 4.78 is 1.96. The van der Waals surface area contributed by atoms with Gasteiger partial charge < -0.3 is 10.2 Å². The van der Waals surface area contributed by atoms with Gasteiger partial charge in [-0.1, -0.05) is 12.1 Å². The molecule has 0 fully saturated rings. The molecule has 164 valence electrons. The standard InChI is InChI=1S/C25H23N7O/c1-31(2)13-12-28-25(33)19-5-3-4-17(14-19)20-7-9-23-29-30-24(32(23)16-20)18-6-8-21-22(15-18)27-11-10-26-21/h3-11,14-16H,12-13H2,1-2H3,(H,28,33). The molecule has 1 amide bonds. The second-order valence-electron chi connectivity index (χ2n) is 8.07. The monoisotopic (exact) mass is 437 g/mol. The number of nitrogens with one attached hydrogen (secondary N) is 1. The van der Waals surface area contributed by atoms with Gasteiger partial charge in [-0.3, -0.25) is 19.2 Å². The molecule has 3 heterocycles. The van der Waals surface area contributed by atoms with Crippen molar-refractivity contribution in [2.45, 2.75) is 0 Å². The third-order valence-corrected chi connectivity index (χ3v) is 5.43. The van der Waals surface area contributed by atoms with Gasteiger partial charge in [0.05, 0.1) is 11.0 Å². The molecule has 0 bridgehead atoms. The number of carbonyl (C=O) groups is 1. The number of nitrogens with zero attached hydrogens (tertiary/aromatic N) is 6. The first kappa shape index (κ1) is 20.7. The van der Waals surface area contributed by atoms with Crippen molar-refractivity contribution in [3.8, 4) is 22.5 Å². The van der Waals surface area contributed by atoms with Crippen LogP contribution >= 0.6 is 0 Å². The molecule has 0 aliphatic carbocycles. The highest BCUT2D eigenvalue weighted by Crippen LogP contribution is 2.26. The molecule has 33 heavy (non-hydrogen) atoms. The lowest BCUT2D eigenvalue weighted by molar-refractivity contribution is 0.0951. The number of amides is 1. The van der Waals surface area contributed by atoms with Gasteiger partial charge in [0.1, 0.15) is 0 Å². The first-order valence-corrected chi connectivity index (χ1v) is 10.7. The van der Waals surface area contributed by atoms with Crippen molar-refractivity contribution >= 4 is 22.6 Å². The van der Waals surface area contributed by atoms with E-state index in [4.69, 9.17) is 0 Å². The van der Waals surface area contributed by atoms with E-state index >= 15 is 0 Å². The van der Waals surface area contributed by atoms with Gasteiger partial charge in [0.2, 0.25) is 0 Å². The number of aromatic nitrogens is 5. The van der Waals surface area contributed by atoms with Gasteiger partial charge in [-0.05, 0) is 67.7 Å². The van der Waals surface area contributed by atoms with Gasteiger partial charge >= 0.3 is 0 Å². The van der Waals surface area contributed by atoms with Crippen molar-refractivity contribution in [2.75, 3.05) is 27.2 Å². The fraction of sp³-hybridized carbons (Fsp3) is 0.160. The van der Waals surface area contributed by atoms with Crippen LogP contribution in [0.3, 0.4) is 0 Å². The van der Waals surface area contributed by atoms with Gasteiger partial charge in [-0.15, -0.1) is 10.2 Å². The number of likely N-dealkylation sites (N-methyl/N-ethyl adjacent to an activating group) is 1. The zero-order valence-electron chi connectivity index (χ0n) is 18.4. The minimum Gasteiger partial charge on any atom is -0.351 e. The van der Waals surface area contributed by atoms with E-state index in [2.05, 4.69) is 25.5 Å². The van der Waals surface area contributed by atoms with E-state index in [1.54, 1.807) is 12.4 Å². The van der Waals surface area contributed by atoms with Crippen LogP contribution in [0.25, 0.3) is 39.2 Å². The Morgan fingerprint density at radius 1 is 0.909 bits per heavy atom. The van der Waals surface area contributed by atoms with E-state index in [-0.39, 0.29) is 5.91 Å². The predicted octanol–water partition coefficient (Wildman–Crippen LogP) is 3.30. The minimum atomic E-state index is -0.0814. The van der Waals surface area contributed by atoms with E-state index < -0.39 is 0 Å². The normalized spacial score (nSPS) is 11.4. The molecule has 0 saturated carbocycles. The first-order valence-electron chi connectivity index (χ1n) is 10.7. The summed E-state index contributed by atoms with van der Waals surface area (Å²) in [6.45, 7) is 1.39. The SMILES string of the molecule is CN(C)CCNC(=O)c1cccc(-c2ccc3nnc(-c4ccc5nccnc5c4)n3c2)c1. The average Bonchev–Trinajstić information content (AvgIpc) is 3.27. The average molecular weight is 438 g/mol. The van der Waals surface area contributed by atoms with Crippen LogP contribution in [-0.2, 0) is 0 Å². The summed E-state index contributed by atoms with van der Waals surface area (Å²) in [5.74, 6) is 0.638. The Labute approximate surface area is 190 Å². The number of rotatable bonds is 6. The summed E-state index contributed by atoms with van der Waals surface area (Å²) in [6.07, 6.45) is 5.35. The second kappa shape index (κ2) is 8.76. The van der Waals surface area contributed by atoms with Gasteiger partial charge in [0.15, 0.2) is 11.5 Å². The summed E-state index contributed by atoms with van der Waals surface area (Å²) in [5.41, 5.74) is 5.82. The fourth-order valence-corrected chi connectivity index (χ4v) is 3.70. The minimum absolute atomic E-state index is 0.0814. The molecular weight excluding hydrogens is 414 g/mol. The first-order chi connectivity index (χ1) is 16.1. The maximum absolute atomic E-state index is 12.6. The third kappa shape index (κ3) is 4.28. The molecule has 3 aromatic heterocycles. The molecule has 0 aliphatic rings. The van der Waals surface area contributed by atoms with Crippen LogP contribution < -0.4 is 5.32 Å². The number of pyridine rings is 1. The van der Waals surface area contributed by atoms with Gasteiger partial charge in [0.25, 0.3) is 5.91 Å². The molecule has 0 saturated heterocycles. The van der Waals surface area contributed by atoms with E-state index in [0.29, 0.717) is 12.1 Å². The van der Waals surface area contributed by atoms with Gasteiger partial charge in [-0.25, -0.2) is 0 Å². The predicted molar refractivity (Wildman–Crippen MR) is 128 cm³/mol. The summed E-state index contributed by atoms with van der Waals surface area (Å²) in [6, 6.07) is 17.4. The van der Waals surface area contributed by atoms with Crippen molar-refractivity contribution < 1.29 is 4.79 Å². The molecule has 1 N–H and O–H groups in total. The lowest BCUT2D eigenvalue weighted by atomic mass is 10.0. The molecule has 0 spiro atoms. The third-order valence-electron chi connectivity index (χ3n) is 5.43. The molecule has 0 radical (unpaired) electrons. The lowest BCUT2D eigenvalue weighted by Gasteiger charge is -2.11. The van der Waals surface area contributed by atoms with Crippen LogP contribution in [0.1, 0.15) is 10.4 Å². The largest absolute Gasteiger partial charge is 0.351 e. The van der Waals surface area contributed by atoms with Crippen LogP contribution in [0.5, 0.6) is 0 Å². The van der Waals surface area contributed by atoms with Crippen molar-refractivity contribution in [3.05, 3.63) is 78.8 Å². The van der Waals surface area contributed by atoms with Crippen molar-refractivity contribution in [1.82, 2.24) is 34.8 Å². The Bertz CT molecular complexity index is 1460. The van der Waals surface area contributed by atoms with Crippen LogP contribution in [0.15, 0.2) is 73.2 Å². The summed E-state index contributed by atoms with van der Waals surface area (Å²) in [5, 5.41) is 11.7. The van der Waals surface area contributed by atoms with E-state index in [0.717, 1.165) is 45.7 Å². The maximum Gasteiger partial charge on any atom is 0.251 e. The van der Waals surface area contributed by atoms with Crippen LogP contribution in [0.2, 0.25) is 0 Å². The van der Waals surface area contributed by atoms with E-state index in [1.807, 2.05) is 84.2 Å². The quantitative estimate of drug-likeness (QED) is 0.439. The Morgan fingerprint density at radius 2 is 1.73 bits per heavy atom. The lowest BCUT2D eigenvalue weighted by Crippen LogP contribution is -2.31. The van der Waals surface area contributed by atoms with Crippen molar-refractivity contribution in [3.63, 3.8) is 0 Å². The van der Waals surface area contributed by atoms with E-state index in [1.165, 1.54) is 0 Å². The van der Waals surface area contributed by atoms with Gasteiger partial charge in [0, 0.05) is 42.8 Å². The van der Waals surface area contributed by atoms with Crippen LogP contribution in [0.4, 0.5) is 0 Å². The van der Waals surface area contributed by atoms with Crippen molar-refractivity contribution in [2.24, 2.45) is 0 Å². The molecule has 5 rings (SSSR count). The second-order valence-corrected chi connectivity index (χ2v) is 8.07. The summed E-state index contributed by atoms with van der Waals surface area (Å²) >= 11 is 0. The topological polar surface area (TPSA) is 88.3 Å². The maximum atomic E-state index is 12.6. The number of carbonyl (C=O) groups excluding carboxylic acids is 1. The molecular formula is C25H23N7O. The molecule has 5 aromatic rings. The highest BCUT2D eigenvalue weighted by molar-refractivity contribution is 5.95. The number of fused-ring (bicyclic) bond motifs is 2. The smallest absolute Gasteiger partial charge is 0.251 e. The number of hydrogen-bond acceptors (Lipinski definition) is 6. The molecule has 0 unspecified atom stereocenters. The molecule has 8 nitrogen and oxygen atoms in total.